The molecule has 0 heterocycles. The third-order valence-corrected chi connectivity index (χ3v) is 4.26. The van der Waals surface area contributed by atoms with Crippen molar-refractivity contribution >= 4 is 0 Å². The number of rotatable bonds is 1. The lowest BCUT2D eigenvalue weighted by atomic mass is 9.85. The van der Waals surface area contributed by atoms with Gasteiger partial charge in [-0.2, -0.15) is 0 Å². The van der Waals surface area contributed by atoms with Crippen LogP contribution >= 0.6 is 0 Å². The highest BCUT2D eigenvalue weighted by atomic mass is 16.3. The normalized spacial score (nSPS) is 43.5. The molecular weight excluding hydrogens is 160 g/mol. The third kappa shape index (κ3) is 1.25. The molecule has 0 aromatic carbocycles. The Morgan fingerprint density at radius 3 is 2.69 bits per heavy atom. The number of hydrogen-bond acceptors (Lipinski definition) is 1. The van der Waals surface area contributed by atoms with Gasteiger partial charge in [-0.3, -0.25) is 0 Å². The average molecular weight is 180 g/mol. The number of hydrogen-bond donors (Lipinski definition) is 1. The van der Waals surface area contributed by atoms with Crippen molar-refractivity contribution in [2.24, 2.45) is 23.2 Å². The topological polar surface area (TPSA) is 20.2 Å². The van der Waals surface area contributed by atoms with Crippen molar-refractivity contribution in [1.82, 2.24) is 0 Å². The van der Waals surface area contributed by atoms with Gasteiger partial charge in [-0.1, -0.05) is 25.5 Å². The first-order valence-corrected chi connectivity index (χ1v) is 5.31. The zero-order chi connectivity index (χ0) is 9.80. The molecule has 0 saturated heterocycles. The predicted molar refractivity (Wildman–Crippen MR) is 54.3 cm³/mol. The van der Waals surface area contributed by atoms with Crippen LogP contribution in [0.15, 0.2) is 11.6 Å². The summed E-state index contributed by atoms with van der Waals surface area (Å²) in [4.78, 5) is 0. The lowest BCUT2D eigenvalue weighted by Gasteiger charge is -2.23. The maximum Gasteiger partial charge on any atom is 0.0577 e. The average Bonchev–Trinajstić information content (AvgIpc) is 2.52. The SMILES string of the molecule is CC1=CC2C(C[C@H]1C(C)O)C2(C)C. The molecular formula is C12H20O. The quantitative estimate of drug-likeness (QED) is 0.615. The second kappa shape index (κ2) is 2.60. The van der Waals surface area contributed by atoms with Crippen molar-refractivity contribution in [1.29, 1.82) is 0 Å². The summed E-state index contributed by atoms with van der Waals surface area (Å²) in [5.74, 6) is 2.04. The Hall–Kier alpha value is -0.300. The van der Waals surface area contributed by atoms with Gasteiger partial charge in [0.25, 0.3) is 0 Å². The molecule has 1 nitrogen and oxygen atoms in total. The standard InChI is InChI=1S/C12H20O/c1-7-5-10-11(12(10,3)4)6-9(7)8(2)13/h5,8-11,13H,6H2,1-4H3/t8?,9-,10?,11?/m1/s1. The van der Waals surface area contributed by atoms with E-state index < -0.39 is 0 Å². The number of fused-ring (bicyclic) bond motifs is 1. The molecule has 0 aliphatic heterocycles. The first kappa shape index (κ1) is 9.26. The number of allylic oxidation sites excluding steroid dienone is 1. The molecule has 1 heteroatoms. The molecule has 3 unspecified atom stereocenters. The highest BCUT2D eigenvalue weighted by molar-refractivity contribution is 5.25. The maximum atomic E-state index is 9.61. The lowest BCUT2D eigenvalue weighted by Crippen LogP contribution is -2.21. The van der Waals surface area contributed by atoms with Crippen molar-refractivity contribution in [2.45, 2.75) is 40.2 Å². The molecule has 0 aromatic rings. The van der Waals surface area contributed by atoms with E-state index in [4.69, 9.17) is 0 Å². The molecule has 0 spiro atoms. The molecule has 0 radical (unpaired) electrons. The summed E-state index contributed by atoms with van der Waals surface area (Å²) in [5, 5.41) is 9.61. The summed E-state index contributed by atoms with van der Waals surface area (Å²) in [5.41, 5.74) is 1.91. The van der Waals surface area contributed by atoms with Gasteiger partial charge in [0.2, 0.25) is 0 Å². The molecule has 4 atom stereocenters. The van der Waals surface area contributed by atoms with E-state index in [1.165, 1.54) is 12.0 Å². The fourth-order valence-corrected chi connectivity index (χ4v) is 3.01. The number of aliphatic hydroxyl groups is 1. The van der Waals surface area contributed by atoms with Crippen molar-refractivity contribution < 1.29 is 5.11 Å². The van der Waals surface area contributed by atoms with Crippen LogP contribution in [0.5, 0.6) is 0 Å². The summed E-state index contributed by atoms with van der Waals surface area (Å²) in [6, 6.07) is 0. The van der Waals surface area contributed by atoms with E-state index >= 15 is 0 Å². The van der Waals surface area contributed by atoms with Gasteiger partial charge < -0.3 is 5.11 Å². The minimum atomic E-state index is -0.173. The molecule has 74 valence electrons. The van der Waals surface area contributed by atoms with Crippen LogP contribution in [-0.4, -0.2) is 11.2 Å². The van der Waals surface area contributed by atoms with E-state index in [2.05, 4.69) is 26.8 Å². The van der Waals surface area contributed by atoms with E-state index in [1.54, 1.807) is 0 Å². The van der Waals surface area contributed by atoms with E-state index in [1.807, 2.05) is 6.92 Å². The van der Waals surface area contributed by atoms with Gasteiger partial charge in [0, 0.05) is 5.92 Å². The van der Waals surface area contributed by atoms with Gasteiger partial charge in [-0.05, 0) is 37.5 Å². The molecule has 2 aliphatic carbocycles. The summed E-state index contributed by atoms with van der Waals surface area (Å²) >= 11 is 0. The monoisotopic (exact) mass is 180 g/mol. The van der Waals surface area contributed by atoms with Crippen LogP contribution < -0.4 is 0 Å². The largest absolute Gasteiger partial charge is 0.393 e. The molecule has 1 saturated carbocycles. The van der Waals surface area contributed by atoms with Gasteiger partial charge >= 0.3 is 0 Å². The van der Waals surface area contributed by atoms with Gasteiger partial charge in [-0.25, -0.2) is 0 Å². The first-order valence-electron chi connectivity index (χ1n) is 5.31. The molecule has 2 aliphatic rings. The molecule has 13 heavy (non-hydrogen) atoms. The van der Waals surface area contributed by atoms with Crippen LogP contribution in [-0.2, 0) is 0 Å². The van der Waals surface area contributed by atoms with Gasteiger partial charge in [-0.15, -0.1) is 0 Å². The Balaban J connectivity index is 2.17. The predicted octanol–water partition coefficient (Wildman–Crippen LogP) is 2.61. The molecule has 2 rings (SSSR count). The summed E-state index contributed by atoms with van der Waals surface area (Å²) in [7, 11) is 0. The lowest BCUT2D eigenvalue weighted by molar-refractivity contribution is 0.130. The van der Waals surface area contributed by atoms with E-state index in [-0.39, 0.29) is 6.10 Å². The maximum absolute atomic E-state index is 9.61. The smallest absolute Gasteiger partial charge is 0.0577 e. The second-order valence-electron chi connectivity index (χ2n) is 5.45. The first-order chi connectivity index (χ1) is 5.94. The van der Waals surface area contributed by atoms with E-state index in [0.717, 1.165) is 11.8 Å². The van der Waals surface area contributed by atoms with Crippen molar-refractivity contribution in [2.75, 3.05) is 0 Å². The summed E-state index contributed by atoms with van der Waals surface area (Å²) in [6.07, 6.45) is 3.41. The third-order valence-electron chi connectivity index (χ3n) is 4.26. The van der Waals surface area contributed by atoms with E-state index in [0.29, 0.717) is 11.3 Å². The fraction of sp³-hybridized carbons (Fsp3) is 0.833. The molecule has 0 bridgehead atoms. The molecule has 0 amide bonds. The van der Waals surface area contributed by atoms with Crippen LogP contribution in [0.1, 0.15) is 34.1 Å². The Morgan fingerprint density at radius 1 is 1.54 bits per heavy atom. The minimum absolute atomic E-state index is 0.173. The highest BCUT2D eigenvalue weighted by Crippen LogP contribution is 2.64. The molecule has 1 fully saturated rings. The van der Waals surface area contributed by atoms with Crippen LogP contribution in [0, 0.1) is 23.2 Å². The Bertz CT molecular complexity index is 250. The Kier molecular flexibility index (Phi) is 1.85. The van der Waals surface area contributed by atoms with Gasteiger partial charge in [0.1, 0.15) is 0 Å². The van der Waals surface area contributed by atoms with Crippen molar-refractivity contribution in [3.63, 3.8) is 0 Å². The Morgan fingerprint density at radius 2 is 2.15 bits per heavy atom. The van der Waals surface area contributed by atoms with Gasteiger partial charge in [0.05, 0.1) is 6.10 Å². The minimum Gasteiger partial charge on any atom is -0.393 e. The molecule has 0 aromatic heterocycles. The van der Waals surface area contributed by atoms with E-state index in [9.17, 15) is 5.11 Å². The summed E-state index contributed by atoms with van der Waals surface area (Å²) < 4.78 is 0. The summed E-state index contributed by atoms with van der Waals surface area (Å²) in [6.45, 7) is 8.77. The zero-order valence-electron chi connectivity index (χ0n) is 9.04. The molecule has 1 N–H and O–H groups in total. The van der Waals surface area contributed by atoms with Crippen LogP contribution in [0.25, 0.3) is 0 Å². The van der Waals surface area contributed by atoms with Crippen LogP contribution in [0.4, 0.5) is 0 Å². The second-order valence-corrected chi connectivity index (χ2v) is 5.45. The van der Waals surface area contributed by atoms with Crippen molar-refractivity contribution in [3.8, 4) is 0 Å². The zero-order valence-corrected chi connectivity index (χ0v) is 9.04. The highest BCUT2D eigenvalue weighted by Gasteiger charge is 2.58. The van der Waals surface area contributed by atoms with Gasteiger partial charge in [0.15, 0.2) is 0 Å². The van der Waals surface area contributed by atoms with Crippen LogP contribution in [0.2, 0.25) is 0 Å². The Labute approximate surface area is 80.8 Å². The van der Waals surface area contributed by atoms with Crippen molar-refractivity contribution in [3.05, 3.63) is 11.6 Å². The fourth-order valence-electron chi connectivity index (χ4n) is 3.01. The van der Waals surface area contributed by atoms with Crippen LogP contribution in [0.3, 0.4) is 0 Å². The number of aliphatic hydroxyl groups excluding tert-OH is 1.